The summed E-state index contributed by atoms with van der Waals surface area (Å²) in [6, 6.07) is 2.11. The van der Waals surface area contributed by atoms with Crippen molar-refractivity contribution in [3.8, 4) is 6.07 Å². The van der Waals surface area contributed by atoms with E-state index >= 15 is 0 Å². The second-order valence-corrected chi connectivity index (χ2v) is 7.48. The normalized spacial score (nSPS) is 15.0. The largest absolute Gasteiger partial charge is 0.193 e. The summed E-state index contributed by atoms with van der Waals surface area (Å²) >= 11 is 0. The van der Waals surface area contributed by atoms with Crippen LogP contribution in [-0.4, -0.2) is 0 Å². The summed E-state index contributed by atoms with van der Waals surface area (Å²) < 4.78 is 0. The first kappa shape index (κ1) is 20.2. The third-order valence-electron chi connectivity index (χ3n) is 4.45. The Morgan fingerprint density at radius 2 is 1.33 bits per heavy atom. The molecule has 0 aliphatic heterocycles. The Morgan fingerprint density at radius 1 is 0.857 bits per heavy atom. The molecule has 0 N–H and O–H groups in total. The van der Waals surface area contributed by atoms with E-state index in [4.69, 9.17) is 5.26 Å². The average Bonchev–Trinajstić information content (AvgIpc) is 2.38. The fraction of sp³-hybridized carbons (Fsp3) is 0.850. The molecule has 1 nitrogen and oxygen atoms in total. The maximum absolute atomic E-state index is 8.58. The molecule has 0 aliphatic carbocycles. The molecule has 0 saturated carbocycles. The molecule has 1 heteroatoms. The molecule has 0 fully saturated rings. The Labute approximate surface area is 133 Å². The minimum absolute atomic E-state index is 0.836. The Kier molecular flexibility index (Phi) is 12.5. The van der Waals surface area contributed by atoms with Crippen LogP contribution >= 0.6 is 0 Å². The molecule has 122 valence electrons. The zero-order valence-corrected chi connectivity index (χ0v) is 15.1. The lowest BCUT2D eigenvalue weighted by Gasteiger charge is -2.15. The SMILES string of the molecule is C/C(=C\C#N)CCCC(C)CCCC(C)CCCC(C)C. The van der Waals surface area contributed by atoms with Gasteiger partial charge in [-0.1, -0.05) is 78.2 Å². The van der Waals surface area contributed by atoms with Crippen molar-refractivity contribution >= 4 is 0 Å². The minimum Gasteiger partial charge on any atom is -0.193 e. The van der Waals surface area contributed by atoms with Crippen LogP contribution in [0.4, 0.5) is 0 Å². The highest BCUT2D eigenvalue weighted by Gasteiger charge is 2.06. The summed E-state index contributed by atoms with van der Waals surface area (Å²) in [4.78, 5) is 0. The molecule has 0 aromatic rings. The van der Waals surface area contributed by atoms with Crippen LogP contribution in [0.3, 0.4) is 0 Å². The van der Waals surface area contributed by atoms with E-state index in [1.165, 1.54) is 56.9 Å². The van der Waals surface area contributed by atoms with Gasteiger partial charge < -0.3 is 0 Å². The van der Waals surface area contributed by atoms with Crippen molar-refractivity contribution in [3.05, 3.63) is 11.6 Å². The molecule has 0 saturated heterocycles. The van der Waals surface area contributed by atoms with Gasteiger partial charge in [0.15, 0.2) is 0 Å². The molecule has 0 spiro atoms. The van der Waals surface area contributed by atoms with E-state index in [1.54, 1.807) is 6.08 Å². The molecule has 0 heterocycles. The molecular formula is C20H37N. The van der Waals surface area contributed by atoms with Crippen molar-refractivity contribution in [2.24, 2.45) is 17.8 Å². The van der Waals surface area contributed by atoms with Crippen molar-refractivity contribution in [2.75, 3.05) is 0 Å². The van der Waals surface area contributed by atoms with Crippen LogP contribution in [0.1, 0.15) is 92.4 Å². The van der Waals surface area contributed by atoms with Gasteiger partial charge in [-0.2, -0.15) is 5.26 Å². The van der Waals surface area contributed by atoms with E-state index in [1.807, 2.05) is 0 Å². The number of hydrogen-bond acceptors (Lipinski definition) is 1. The van der Waals surface area contributed by atoms with Gasteiger partial charge in [0.05, 0.1) is 6.07 Å². The topological polar surface area (TPSA) is 23.8 Å². The Hall–Kier alpha value is -0.770. The molecule has 0 aromatic heterocycles. The van der Waals surface area contributed by atoms with Crippen molar-refractivity contribution in [3.63, 3.8) is 0 Å². The number of allylic oxidation sites excluding steroid dienone is 2. The second kappa shape index (κ2) is 12.9. The standard InChI is InChI=1S/C20H37N/c1-17(2)9-6-10-18(3)11-7-12-19(4)13-8-14-20(5)15-16-21/h15,17-19H,6-14H2,1-5H3/b20-15+. The third kappa shape index (κ3) is 13.9. The van der Waals surface area contributed by atoms with Crippen LogP contribution in [0.5, 0.6) is 0 Å². The van der Waals surface area contributed by atoms with E-state index in [9.17, 15) is 0 Å². The minimum atomic E-state index is 0.836. The Morgan fingerprint density at radius 3 is 1.81 bits per heavy atom. The number of hydrogen-bond donors (Lipinski definition) is 0. The third-order valence-corrected chi connectivity index (χ3v) is 4.45. The van der Waals surface area contributed by atoms with Gasteiger partial charge in [-0.25, -0.2) is 0 Å². The number of rotatable bonds is 12. The van der Waals surface area contributed by atoms with Crippen molar-refractivity contribution in [1.82, 2.24) is 0 Å². The van der Waals surface area contributed by atoms with E-state index in [-0.39, 0.29) is 0 Å². The summed E-state index contributed by atoms with van der Waals surface area (Å²) in [5.41, 5.74) is 1.23. The van der Waals surface area contributed by atoms with E-state index in [0.717, 1.165) is 24.2 Å². The van der Waals surface area contributed by atoms with Crippen molar-refractivity contribution in [2.45, 2.75) is 92.4 Å². The first-order valence-corrected chi connectivity index (χ1v) is 9.01. The summed E-state index contributed by atoms with van der Waals surface area (Å²) in [7, 11) is 0. The van der Waals surface area contributed by atoms with Gasteiger partial charge in [-0.3, -0.25) is 0 Å². The lowest BCUT2D eigenvalue weighted by atomic mass is 9.91. The van der Waals surface area contributed by atoms with Gasteiger partial charge in [-0.05, 0) is 37.5 Å². The van der Waals surface area contributed by atoms with Gasteiger partial charge in [0.2, 0.25) is 0 Å². The van der Waals surface area contributed by atoms with Gasteiger partial charge in [0.1, 0.15) is 0 Å². The second-order valence-electron chi connectivity index (χ2n) is 7.48. The van der Waals surface area contributed by atoms with Gasteiger partial charge >= 0.3 is 0 Å². The molecule has 21 heavy (non-hydrogen) atoms. The first-order valence-electron chi connectivity index (χ1n) is 9.01. The summed E-state index contributed by atoms with van der Waals surface area (Å²) in [5.74, 6) is 2.59. The molecule has 0 aliphatic rings. The lowest BCUT2D eigenvalue weighted by molar-refractivity contribution is 0.389. The van der Waals surface area contributed by atoms with Crippen LogP contribution in [-0.2, 0) is 0 Å². The highest BCUT2D eigenvalue weighted by molar-refractivity contribution is 5.10. The maximum atomic E-state index is 8.58. The van der Waals surface area contributed by atoms with Gasteiger partial charge in [0, 0.05) is 6.08 Å². The first-order chi connectivity index (χ1) is 9.95. The van der Waals surface area contributed by atoms with Crippen LogP contribution < -0.4 is 0 Å². The smallest absolute Gasteiger partial charge is 0.0911 e. The summed E-state index contributed by atoms with van der Waals surface area (Å²) in [6.45, 7) is 11.5. The molecule has 0 rings (SSSR count). The highest BCUT2D eigenvalue weighted by atomic mass is 14.2. The number of nitriles is 1. The fourth-order valence-corrected chi connectivity index (χ4v) is 2.89. The molecule has 0 amide bonds. The highest BCUT2D eigenvalue weighted by Crippen LogP contribution is 2.21. The summed E-state index contributed by atoms with van der Waals surface area (Å²) in [6.07, 6.45) is 13.7. The van der Waals surface area contributed by atoms with E-state index in [2.05, 4.69) is 40.7 Å². The molecule has 2 unspecified atom stereocenters. The van der Waals surface area contributed by atoms with E-state index in [0.29, 0.717) is 0 Å². The van der Waals surface area contributed by atoms with Crippen LogP contribution in [0.15, 0.2) is 11.6 Å². The zero-order valence-electron chi connectivity index (χ0n) is 15.1. The van der Waals surface area contributed by atoms with Crippen LogP contribution in [0.25, 0.3) is 0 Å². The fourth-order valence-electron chi connectivity index (χ4n) is 2.89. The summed E-state index contributed by atoms with van der Waals surface area (Å²) in [5, 5.41) is 8.58. The maximum Gasteiger partial charge on any atom is 0.0911 e. The van der Waals surface area contributed by atoms with Gasteiger partial charge in [0.25, 0.3) is 0 Å². The van der Waals surface area contributed by atoms with Crippen LogP contribution in [0, 0.1) is 29.1 Å². The Balaban J connectivity index is 3.54. The monoisotopic (exact) mass is 291 g/mol. The number of nitrogens with zero attached hydrogens (tertiary/aromatic N) is 1. The molecule has 0 bridgehead atoms. The zero-order chi connectivity index (χ0) is 16.1. The molecule has 0 aromatic carbocycles. The molecule has 0 radical (unpaired) electrons. The molecule has 2 atom stereocenters. The van der Waals surface area contributed by atoms with Crippen molar-refractivity contribution < 1.29 is 0 Å². The molecular weight excluding hydrogens is 254 g/mol. The van der Waals surface area contributed by atoms with Crippen LogP contribution in [0.2, 0.25) is 0 Å². The van der Waals surface area contributed by atoms with Gasteiger partial charge in [-0.15, -0.1) is 0 Å². The van der Waals surface area contributed by atoms with Crippen molar-refractivity contribution in [1.29, 1.82) is 5.26 Å². The predicted octanol–water partition coefficient (Wildman–Crippen LogP) is 6.90. The average molecular weight is 292 g/mol. The quantitative estimate of drug-likeness (QED) is 0.359. The lowest BCUT2D eigenvalue weighted by Crippen LogP contribution is -2.00. The Bertz CT molecular complexity index is 308. The van der Waals surface area contributed by atoms with E-state index < -0.39 is 0 Å². The predicted molar refractivity (Wildman–Crippen MR) is 94.1 cm³/mol.